The molecule has 0 radical (unpaired) electrons. The Hall–Kier alpha value is -3.62. The maximum Gasteiger partial charge on any atom is 0.271 e. The van der Waals surface area contributed by atoms with Gasteiger partial charge in [0.05, 0.1) is 25.4 Å². The highest BCUT2D eigenvalue weighted by Crippen LogP contribution is 2.25. The van der Waals surface area contributed by atoms with Crippen LogP contribution in [-0.2, 0) is 0 Å². The summed E-state index contributed by atoms with van der Waals surface area (Å²) in [4.78, 5) is 25.1. The van der Waals surface area contributed by atoms with E-state index in [4.69, 9.17) is 9.47 Å². The molecule has 1 amide bonds. The second kappa shape index (κ2) is 10.1. The molecule has 0 spiro atoms. The molecule has 0 heterocycles. The van der Waals surface area contributed by atoms with Crippen LogP contribution in [0.15, 0.2) is 41.5 Å². The van der Waals surface area contributed by atoms with Gasteiger partial charge in [-0.2, -0.15) is 5.10 Å². The lowest BCUT2D eigenvalue weighted by Gasteiger charge is -2.22. The van der Waals surface area contributed by atoms with Gasteiger partial charge in [0.1, 0.15) is 11.5 Å². The van der Waals surface area contributed by atoms with Crippen LogP contribution in [0.5, 0.6) is 11.5 Å². The summed E-state index contributed by atoms with van der Waals surface area (Å²) in [5.74, 6) is 0.482. The minimum Gasteiger partial charge on any atom is -0.497 e. The van der Waals surface area contributed by atoms with E-state index in [2.05, 4.69) is 10.5 Å². The van der Waals surface area contributed by atoms with Crippen LogP contribution in [0.1, 0.15) is 29.8 Å². The molecule has 2 rings (SSSR count). The first-order valence-electron chi connectivity index (χ1n) is 9.03. The van der Waals surface area contributed by atoms with Crippen LogP contribution in [0.3, 0.4) is 0 Å². The first-order chi connectivity index (χ1) is 13.9. The molecule has 0 atom stereocenters. The second-order valence-corrected chi connectivity index (χ2v) is 5.97. The number of nitrogens with one attached hydrogen (secondary N) is 1. The number of non-ortho nitro benzene ring substituents is 1. The first kappa shape index (κ1) is 21.7. The van der Waals surface area contributed by atoms with Gasteiger partial charge in [0, 0.05) is 48.1 Å². The van der Waals surface area contributed by atoms with Crippen LogP contribution in [0.25, 0.3) is 0 Å². The fourth-order valence-electron chi connectivity index (χ4n) is 2.77. The number of anilines is 1. The zero-order valence-corrected chi connectivity index (χ0v) is 16.8. The van der Waals surface area contributed by atoms with Crippen molar-refractivity contribution < 1.29 is 19.2 Å². The van der Waals surface area contributed by atoms with E-state index in [9.17, 15) is 14.9 Å². The number of carbonyl (C=O) groups is 1. The van der Waals surface area contributed by atoms with E-state index in [1.165, 1.54) is 32.6 Å². The molecule has 2 aromatic rings. The van der Waals surface area contributed by atoms with Gasteiger partial charge >= 0.3 is 0 Å². The van der Waals surface area contributed by atoms with Crippen molar-refractivity contribution in [3.05, 3.63) is 57.6 Å². The first-order valence-corrected chi connectivity index (χ1v) is 9.03. The number of methoxy groups -OCH3 is 2. The van der Waals surface area contributed by atoms with Gasteiger partial charge in [0.15, 0.2) is 0 Å². The molecule has 29 heavy (non-hydrogen) atoms. The van der Waals surface area contributed by atoms with E-state index in [1.807, 2.05) is 18.7 Å². The molecule has 0 aliphatic heterocycles. The van der Waals surface area contributed by atoms with Crippen molar-refractivity contribution >= 4 is 23.5 Å². The number of nitro benzene ring substituents is 1. The average molecular weight is 400 g/mol. The molecule has 0 unspecified atom stereocenters. The van der Waals surface area contributed by atoms with Gasteiger partial charge in [-0.25, -0.2) is 5.43 Å². The van der Waals surface area contributed by atoms with Crippen molar-refractivity contribution in [3.8, 4) is 11.5 Å². The molecule has 9 nitrogen and oxygen atoms in total. The lowest BCUT2D eigenvalue weighted by molar-refractivity contribution is -0.384. The summed E-state index contributed by atoms with van der Waals surface area (Å²) >= 11 is 0. The molecule has 0 saturated heterocycles. The smallest absolute Gasteiger partial charge is 0.271 e. The Morgan fingerprint density at radius 3 is 2.28 bits per heavy atom. The predicted octanol–water partition coefficient (Wildman–Crippen LogP) is 3.22. The number of hydrogen-bond donors (Lipinski definition) is 1. The number of hydrazone groups is 1. The lowest BCUT2D eigenvalue weighted by Crippen LogP contribution is -2.23. The van der Waals surface area contributed by atoms with E-state index in [-0.39, 0.29) is 5.69 Å². The summed E-state index contributed by atoms with van der Waals surface area (Å²) in [6, 6.07) is 9.33. The minimum absolute atomic E-state index is 0.0498. The summed E-state index contributed by atoms with van der Waals surface area (Å²) in [6.07, 6.45) is 1.40. The van der Waals surface area contributed by atoms with Gasteiger partial charge in [-0.05, 0) is 32.0 Å². The van der Waals surface area contributed by atoms with Crippen molar-refractivity contribution in [2.24, 2.45) is 5.10 Å². The molecule has 2 aromatic carbocycles. The molecule has 0 fully saturated rings. The van der Waals surface area contributed by atoms with Crippen molar-refractivity contribution in [1.82, 2.24) is 5.43 Å². The monoisotopic (exact) mass is 400 g/mol. The van der Waals surface area contributed by atoms with Crippen LogP contribution in [0.4, 0.5) is 11.4 Å². The normalized spacial score (nSPS) is 10.6. The van der Waals surface area contributed by atoms with Crippen molar-refractivity contribution in [3.63, 3.8) is 0 Å². The molecular weight excluding hydrogens is 376 g/mol. The highest BCUT2D eigenvalue weighted by Gasteiger charge is 2.14. The largest absolute Gasteiger partial charge is 0.497 e. The molecule has 9 heteroatoms. The Kier molecular flexibility index (Phi) is 7.53. The number of nitro groups is 1. The number of carbonyl (C=O) groups excluding carboxylic acids is 1. The molecule has 0 saturated carbocycles. The quantitative estimate of drug-likeness (QED) is 0.393. The third-order valence-corrected chi connectivity index (χ3v) is 4.31. The molecule has 0 aliphatic carbocycles. The minimum atomic E-state index is -0.468. The molecule has 1 N–H and O–H groups in total. The van der Waals surface area contributed by atoms with Crippen LogP contribution >= 0.6 is 0 Å². The number of nitrogens with zero attached hydrogens (tertiary/aromatic N) is 3. The highest BCUT2D eigenvalue weighted by molar-refractivity contribution is 5.96. The van der Waals surface area contributed by atoms with E-state index in [0.717, 1.165) is 18.8 Å². The van der Waals surface area contributed by atoms with Crippen molar-refractivity contribution in [1.29, 1.82) is 0 Å². The molecule has 0 aromatic heterocycles. The van der Waals surface area contributed by atoms with Gasteiger partial charge in [-0.1, -0.05) is 0 Å². The summed E-state index contributed by atoms with van der Waals surface area (Å²) in [7, 11) is 2.98. The fourth-order valence-corrected chi connectivity index (χ4v) is 2.77. The number of amides is 1. The molecule has 154 valence electrons. The topological polar surface area (TPSA) is 106 Å². The fraction of sp³-hybridized carbons (Fsp3) is 0.300. The van der Waals surface area contributed by atoms with E-state index in [0.29, 0.717) is 22.6 Å². The highest BCUT2D eigenvalue weighted by atomic mass is 16.6. The maximum absolute atomic E-state index is 12.4. The maximum atomic E-state index is 12.4. The molecule has 0 aliphatic rings. The van der Waals surface area contributed by atoms with Gasteiger partial charge in [-0.3, -0.25) is 14.9 Å². The number of hydrogen-bond acceptors (Lipinski definition) is 7. The van der Waals surface area contributed by atoms with E-state index >= 15 is 0 Å². The zero-order valence-electron chi connectivity index (χ0n) is 16.8. The Morgan fingerprint density at radius 2 is 1.76 bits per heavy atom. The Morgan fingerprint density at radius 1 is 1.14 bits per heavy atom. The second-order valence-electron chi connectivity index (χ2n) is 5.97. The van der Waals surface area contributed by atoms with Gasteiger partial charge in [0.25, 0.3) is 11.6 Å². The van der Waals surface area contributed by atoms with Gasteiger partial charge < -0.3 is 14.4 Å². The predicted molar refractivity (Wildman–Crippen MR) is 111 cm³/mol. The summed E-state index contributed by atoms with van der Waals surface area (Å²) < 4.78 is 10.3. The Labute approximate surface area is 169 Å². The number of rotatable bonds is 9. The van der Waals surface area contributed by atoms with Crippen LogP contribution in [0, 0.1) is 10.1 Å². The van der Waals surface area contributed by atoms with Crippen LogP contribution in [-0.4, -0.2) is 44.4 Å². The van der Waals surface area contributed by atoms with Crippen molar-refractivity contribution in [2.45, 2.75) is 13.8 Å². The molecular formula is C20H24N4O5. The summed E-state index contributed by atoms with van der Waals surface area (Å²) in [6.45, 7) is 5.43. The van der Waals surface area contributed by atoms with E-state index < -0.39 is 10.8 Å². The SMILES string of the molecule is CCN(CC)c1ccc([N+](=O)[O-])cc1C=NNC(=O)c1cc(OC)cc(OC)c1. The van der Waals surface area contributed by atoms with Crippen LogP contribution in [0.2, 0.25) is 0 Å². The standard InChI is InChI=1S/C20H24N4O5/c1-5-23(6-2)19-8-7-16(24(26)27)9-15(19)13-21-22-20(25)14-10-17(28-3)12-18(11-14)29-4/h7-13H,5-6H2,1-4H3,(H,22,25). The molecule has 0 bridgehead atoms. The Balaban J connectivity index is 2.28. The average Bonchev–Trinajstić information content (AvgIpc) is 2.74. The number of benzene rings is 2. The van der Waals surface area contributed by atoms with Gasteiger partial charge in [0.2, 0.25) is 0 Å². The summed E-state index contributed by atoms with van der Waals surface area (Å²) in [5, 5.41) is 15.1. The van der Waals surface area contributed by atoms with Gasteiger partial charge in [-0.15, -0.1) is 0 Å². The summed E-state index contributed by atoms with van der Waals surface area (Å²) in [5.41, 5.74) is 4.02. The third kappa shape index (κ3) is 5.44. The van der Waals surface area contributed by atoms with Crippen molar-refractivity contribution in [2.75, 3.05) is 32.2 Å². The zero-order chi connectivity index (χ0) is 21.4. The van der Waals surface area contributed by atoms with E-state index in [1.54, 1.807) is 24.3 Å². The lowest BCUT2D eigenvalue weighted by atomic mass is 10.1. The Bertz CT molecular complexity index is 887. The third-order valence-electron chi connectivity index (χ3n) is 4.31. The van der Waals surface area contributed by atoms with Crippen LogP contribution < -0.4 is 19.8 Å². The number of ether oxygens (including phenoxy) is 2.